The van der Waals surface area contributed by atoms with Crippen LogP contribution in [-0.2, 0) is 6.54 Å². The van der Waals surface area contributed by atoms with Gasteiger partial charge in [0.05, 0.1) is 5.69 Å². The molecule has 0 N–H and O–H groups in total. The molecule has 1 aromatic rings. The summed E-state index contributed by atoms with van der Waals surface area (Å²) >= 11 is 0. The molecule has 0 spiro atoms. The van der Waals surface area contributed by atoms with E-state index in [1.54, 1.807) is 6.26 Å². The Kier molecular flexibility index (Phi) is 4.41. The normalized spacial score (nSPS) is 24.3. The summed E-state index contributed by atoms with van der Waals surface area (Å²) in [6.45, 7) is 10.3. The van der Waals surface area contributed by atoms with Crippen molar-refractivity contribution in [1.82, 2.24) is 14.8 Å². The van der Waals surface area contributed by atoms with Crippen LogP contribution in [0.25, 0.3) is 0 Å². The lowest BCUT2D eigenvalue weighted by Gasteiger charge is -2.38. The molecule has 2 aliphatic rings. The van der Waals surface area contributed by atoms with E-state index in [2.05, 4.69) is 21.7 Å². The van der Waals surface area contributed by atoms with Gasteiger partial charge in [-0.2, -0.15) is 0 Å². The van der Waals surface area contributed by atoms with Crippen LogP contribution >= 0.6 is 0 Å². The van der Waals surface area contributed by atoms with Gasteiger partial charge in [0.15, 0.2) is 5.89 Å². The maximum Gasteiger partial charge on any atom is 0.191 e. The average Bonchev–Trinajstić information content (AvgIpc) is 3.11. The first kappa shape index (κ1) is 14.1. The summed E-state index contributed by atoms with van der Waals surface area (Å²) in [7, 11) is 0. The molecule has 0 aliphatic carbocycles. The number of hydrogen-bond acceptors (Lipinski definition) is 4. The minimum Gasteiger partial charge on any atom is -0.449 e. The quantitative estimate of drug-likeness (QED) is 0.847. The van der Waals surface area contributed by atoms with Crippen LogP contribution in [0.4, 0.5) is 0 Å². The highest BCUT2D eigenvalue weighted by Gasteiger charge is 2.29. The first-order valence-electron chi connectivity index (χ1n) is 8.10. The van der Waals surface area contributed by atoms with E-state index < -0.39 is 0 Å². The maximum absolute atomic E-state index is 5.29. The standard InChI is InChI=1S/C16H27N3O/c1-13(19-7-3-4-8-19)15-5-9-18(10-6-15)11-16-12-20-14(2)17-16/h12-13,15H,3-11H2,1-2H3. The van der Waals surface area contributed by atoms with Crippen LogP contribution in [0.1, 0.15) is 44.2 Å². The molecule has 0 aromatic carbocycles. The number of aromatic nitrogens is 1. The Bertz CT molecular complexity index is 417. The van der Waals surface area contributed by atoms with Crippen molar-refractivity contribution >= 4 is 0 Å². The molecule has 0 bridgehead atoms. The van der Waals surface area contributed by atoms with E-state index in [0.29, 0.717) is 0 Å². The van der Waals surface area contributed by atoms with Gasteiger partial charge in [-0.3, -0.25) is 4.90 Å². The van der Waals surface area contributed by atoms with Crippen LogP contribution in [0.2, 0.25) is 0 Å². The molecule has 4 heteroatoms. The molecule has 0 radical (unpaired) electrons. The van der Waals surface area contributed by atoms with Crippen molar-refractivity contribution < 1.29 is 4.42 Å². The number of rotatable bonds is 4. The molecule has 1 atom stereocenters. The van der Waals surface area contributed by atoms with Crippen molar-refractivity contribution in [3.05, 3.63) is 17.8 Å². The van der Waals surface area contributed by atoms with Crippen LogP contribution in [0.5, 0.6) is 0 Å². The molecule has 20 heavy (non-hydrogen) atoms. The zero-order chi connectivity index (χ0) is 13.9. The number of piperidine rings is 1. The molecule has 2 aliphatic heterocycles. The van der Waals surface area contributed by atoms with E-state index in [1.807, 2.05) is 6.92 Å². The summed E-state index contributed by atoms with van der Waals surface area (Å²) < 4.78 is 5.29. The number of nitrogens with zero attached hydrogens (tertiary/aromatic N) is 3. The van der Waals surface area contributed by atoms with Gasteiger partial charge < -0.3 is 9.32 Å². The summed E-state index contributed by atoms with van der Waals surface area (Å²) in [5.74, 6) is 1.65. The molecular weight excluding hydrogens is 250 g/mol. The SMILES string of the molecule is Cc1nc(CN2CCC(C(C)N3CCCC3)CC2)co1. The molecule has 2 saturated heterocycles. The minimum absolute atomic E-state index is 0.772. The van der Waals surface area contributed by atoms with Crippen molar-refractivity contribution in [3.63, 3.8) is 0 Å². The van der Waals surface area contributed by atoms with E-state index in [1.165, 1.54) is 51.9 Å². The lowest BCUT2D eigenvalue weighted by molar-refractivity contribution is 0.107. The Labute approximate surface area is 122 Å². The van der Waals surface area contributed by atoms with Gasteiger partial charge in [-0.15, -0.1) is 0 Å². The minimum atomic E-state index is 0.772. The zero-order valence-corrected chi connectivity index (χ0v) is 12.8. The number of hydrogen-bond donors (Lipinski definition) is 0. The second kappa shape index (κ2) is 6.27. The Balaban J connectivity index is 1.46. The van der Waals surface area contributed by atoms with E-state index >= 15 is 0 Å². The van der Waals surface area contributed by atoms with Crippen LogP contribution in [0.3, 0.4) is 0 Å². The Morgan fingerprint density at radius 1 is 1.25 bits per heavy atom. The molecule has 4 nitrogen and oxygen atoms in total. The maximum atomic E-state index is 5.29. The van der Waals surface area contributed by atoms with Crippen LogP contribution in [0, 0.1) is 12.8 Å². The lowest BCUT2D eigenvalue weighted by Crippen LogP contribution is -2.42. The lowest BCUT2D eigenvalue weighted by atomic mass is 9.89. The topological polar surface area (TPSA) is 32.5 Å². The van der Waals surface area contributed by atoms with Crippen molar-refractivity contribution in [2.45, 2.75) is 52.1 Å². The van der Waals surface area contributed by atoms with E-state index in [-0.39, 0.29) is 0 Å². The summed E-state index contributed by atoms with van der Waals surface area (Å²) in [6.07, 6.45) is 7.25. The largest absolute Gasteiger partial charge is 0.449 e. The highest BCUT2D eigenvalue weighted by Crippen LogP contribution is 2.26. The van der Waals surface area contributed by atoms with Crippen molar-refractivity contribution in [2.75, 3.05) is 26.2 Å². The second-order valence-corrected chi connectivity index (χ2v) is 6.46. The first-order valence-corrected chi connectivity index (χ1v) is 8.10. The highest BCUT2D eigenvalue weighted by atomic mass is 16.3. The summed E-state index contributed by atoms with van der Waals surface area (Å²) in [5, 5.41) is 0. The van der Waals surface area contributed by atoms with Crippen molar-refractivity contribution in [1.29, 1.82) is 0 Å². The van der Waals surface area contributed by atoms with Crippen molar-refractivity contribution in [3.8, 4) is 0 Å². The number of likely N-dealkylation sites (tertiary alicyclic amines) is 2. The van der Waals surface area contributed by atoms with Gasteiger partial charge in [-0.25, -0.2) is 4.98 Å². The Hall–Kier alpha value is -0.870. The van der Waals surface area contributed by atoms with Gasteiger partial charge in [0, 0.05) is 19.5 Å². The zero-order valence-electron chi connectivity index (χ0n) is 12.8. The predicted molar refractivity (Wildman–Crippen MR) is 79.5 cm³/mol. The molecule has 3 rings (SSSR count). The van der Waals surface area contributed by atoms with Crippen LogP contribution in [0.15, 0.2) is 10.7 Å². The van der Waals surface area contributed by atoms with Crippen LogP contribution in [-0.4, -0.2) is 47.0 Å². The highest BCUT2D eigenvalue weighted by molar-refractivity contribution is 4.96. The summed E-state index contributed by atoms with van der Waals surface area (Å²) in [4.78, 5) is 9.62. The third-order valence-corrected chi connectivity index (χ3v) is 5.08. The molecule has 2 fully saturated rings. The number of oxazole rings is 1. The van der Waals surface area contributed by atoms with Gasteiger partial charge in [0.25, 0.3) is 0 Å². The molecule has 3 heterocycles. The molecule has 0 saturated carbocycles. The van der Waals surface area contributed by atoms with Gasteiger partial charge in [0.2, 0.25) is 0 Å². The molecular formula is C16H27N3O. The monoisotopic (exact) mass is 277 g/mol. The van der Waals surface area contributed by atoms with Gasteiger partial charge >= 0.3 is 0 Å². The van der Waals surface area contributed by atoms with E-state index in [0.717, 1.165) is 30.1 Å². The third-order valence-electron chi connectivity index (χ3n) is 5.08. The smallest absolute Gasteiger partial charge is 0.191 e. The Morgan fingerprint density at radius 2 is 1.95 bits per heavy atom. The fraction of sp³-hybridized carbons (Fsp3) is 0.812. The van der Waals surface area contributed by atoms with Gasteiger partial charge in [-0.1, -0.05) is 0 Å². The van der Waals surface area contributed by atoms with E-state index in [4.69, 9.17) is 4.42 Å². The van der Waals surface area contributed by atoms with E-state index in [9.17, 15) is 0 Å². The molecule has 1 aromatic heterocycles. The molecule has 0 amide bonds. The van der Waals surface area contributed by atoms with Gasteiger partial charge in [-0.05, 0) is 64.7 Å². The summed E-state index contributed by atoms with van der Waals surface area (Å²) in [6, 6.07) is 0.772. The fourth-order valence-corrected chi connectivity index (χ4v) is 3.75. The molecule has 112 valence electrons. The third kappa shape index (κ3) is 3.23. The second-order valence-electron chi connectivity index (χ2n) is 6.46. The predicted octanol–water partition coefficient (Wildman–Crippen LogP) is 2.68. The number of aryl methyl sites for hydroxylation is 1. The van der Waals surface area contributed by atoms with Crippen LogP contribution < -0.4 is 0 Å². The first-order chi connectivity index (χ1) is 9.72. The Morgan fingerprint density at radius 3 is 2.55 bits per heavy atom. The molecule has 1 unspecified atom stereocenters. The van der Waals surface area contributed by atoms with Gasteiger partial charge in [0.1, 0.15) is 6.26 Å². The fourth-order valence-electron chi connectivity index (χ4n) is 3.75. The summed E-state index contributed by atoms with van der Waals surface area (Å²) in [5.41, 5.74) is 1.08. The van der Waals surface area contributed by atoms with Crippen molar-refractivity contribution in [2.24, 2.45) is 5.92 Å². The average molecular weight is 277 g/mol.